The Balaban J connectivity index is 1.96. The zero-order chi connectivity index (χ0) is 17.5. The minimum Gasteiger partial charge on any atom is -0.462 e. The number of hydrogen-bond donors (Lipinski definition) is 1. The summed E-state index contributed by atoms with van der Waals surface area (Å²) in [5, 5.41) is 2.65. The van der Waals surface area contributed by atoms with Crippen molar-refractivity contribution in [3.8, 4) is 0 Å². The van der Waals surface area contributed by atoms with E-state index in [0.717, 1.165) is 0 Å². The molecule has 2 amide bonds. The third kappa shape index (κ3) is 4.51. The number of pyridine rings is 1. The van der Waals surface area contributed by atoms with Crippen molar-refractivity contribution in [3.05, 3.63) is 23.9 Å². The SMILES string of the molecule is CCOC(=O)c1ccnc(NC(=O)C2CC(=O)N(CCOC)C2)c1. The number of esters is 1. The van der Waals surface area contributed by atoms with Gasteiger partial charge in [-0.2, -0.15) is 0 Å². The first-order chi connectivity index (χ1) is 11.5. The van der Waals surface area contributed by atoms with E-state index in [9.17, 15) is 14.4 Å². The number of anilines is 1. The minimum atomic E-state index is -0.475. The van der Waals surface area contributed by atoms with Crippen molar-refractivity contribution in [2.75, 3.05) is 38.7 Å². The van der Waals surface area contributed by atoms with Crippen LogP contribution in [-0.2, 0) is 19.1 Å². The fourth-order valence-electron chi connectivity index (χ4n) is 2.43. The van der Waals surface area contributed by atoms with E-state index in [-0.39, 0.29) is 30.7 Å². The van der Waals surface area contributed by atoms with Gasteiger partial charge in [0.1, 0.15) is 5.82 Å². The maximum atomic E-state index is 12.3. The highest BCUT2D eigenvalue weighted by Crippen LogP contribution is 2.19. The number of nitrogens with one attached hydrogen (secondary N) is 1. The van der Waals surface area contributed by atoms with Crippen LogP contribution in [0.2, 0.25) is 0 Å². The molecule has 1 N–H and O–H groups in total. The molecule has 1 saturated heterocycles. The number of methoxy groups -OCH3 is 1. The minimum absolute atomic E-state index is 0.0690. The number of hydrogen-bond acceptors (Lipinski definition) is 6. The molecule has 1 atom stereocenters. The van der Waals surface area contributed by atoms with Gasteiger partial charge in [-0.25, -0.2) is 9.78 Å². The summed E-state index contributed by atoms with van der Waals surface area (Å²) in [4.78, 5) is 41.5. The van der Waals surface area contributed by atoms with Crippen molar-refractivity contribution in [3.63, 3.8) is 0 Å². The first kappa shape index (κ1) is 17.9. The Morgan fingerprint density at radius 1 is 1.46 bits per heavy atom. The molecule has 1 fully saturated rings. The standard InChI is InChI=1S/C16H21N3O5/c1-3-24-16(22)11-4-5-17-13(8-11)18-15(21)12-9-14(20)19(10-12)6-7-23-2/h4-5,8,12H,3,6-7,9-10H2,1-2H3,(H,17,18,21). The highest BCUT2D eigenvalue weighted by molar-refractivity contribution is 5.97. The fraction of sp³-hybridized carbons (Fsp3) is 0.500. The van der Waals surface area contributed by atoms with Crippen molar-refractivity contribution in [2.24, 2.45) is 5.92 Å². The van der Waals surface area contributed by atoms with E-state index < -0.39 is 11.9 Å². The summed E-state index contributed by atoms with van der Waals surface area (Å²) in [5.41, 5.74) is 0.311. The van der Waals surface area contributed by atoms with Crippen LogP contribution in [0.15, 0.2) is 18.3 Å². The quantitative estimate of drug-likeness (QED) is 0.736. The molecule has 2 heterocycles. The van der Waals surface area contributed by atoms with Crippen LogP contribution in [0.25, 0.3) is 0 Å². The molecule has 2 rings (SSSR count). The summed E-state index contributed by atoms with van der Waals surface area (Å²) < 4.78 is 9.86. The highest BCUT2D eigenvalue weighted by Gasteiger charge is 2.34. The van der Waals surface area contributed by atoms with Crippen LogP contribution >= 0.6 is 0 Å². The largest absolute Gasteiger partial charge is 0.462 e. The van der Waals surface area contributed by atoms with Crippen LogP contribution in [0.3, 0.4) is 0 Å². The number of carbonyl (C=O) groups is 3. The van der Waals surface area contributed by atoms with Crippen molar-refractivity contribution >= 4 is 23.6 Å². The molecule has 0 saturated carbocycles. The smallest absolute Gasteiger partial charge is 0.338 e. The second kappa shape index (κ2) is 8.39. The van der Waals surface area contributed by atoms with Gasteiger partial charge in [0.25, 0.3) is 0 Å². The fourth-order valence-corrected chi connectivity index (χ4v) is 2.43. The summed E-state index contributed by atoms with van der Waals surface area (Å²) in [5.74, 6) is -1.02. The van der Waals surface area contributed by atoms with Gasteiger partial charge < -0.3 is 19.7 Å². The van der Waals surface area contributed by atoms with Crippen LogP contribution in [-0.4, -0.2) is 61.1 Å². The molecule has 0 bridgehead atoms. The number of amides is 2. The molecule has 0 spiro atoms. The molecular weight excluding hydrogens is 314 g/mol. The lowest BCUT2D eigenvalue weighted by molar-refractivity contribution is -0.128. The maximum absolute atomic E-state index is 12.3. The van der Waals surface area contributed by atoms with Gasteiger partial charge in [0.15, 0.2) is 0 Å². The van der Waals surface area contributed by atoms with Crippen LogP contribution in [0.4, 0.5) is 5.82 Å². The molecule has 1 aromatic heterocycles. The van der Waals surface area contributed by atoms with Crippen LogP contribution < -0.4 is 5.32 Å². The molecule has 130 valence electrons. The Hall–Kier alpha value is -2.48. The number of ether oxygens (including phenoxy) is 2. The Bertz CT molecular complexity index is 619. The number of rotatable bonds is 7. The van der Waals surface area contributed by atoms with E-state index in [0.29, 0.717) is 25.3 Å². The number of carbonyl (C=O) groups excluding carboxylic acids is 3. The summed E-state index contributed by atoms with van der Waals surface area (Å²) in [6, 6.07) is 2.97. The number of nitrogens with zero attached hydrogens (tertiary/aromatic N) is 2. The Morgan fingerprint density at radius 2 is 2.25 bits per heavy atom. The second-order valence-corrected chi connectivity index (χ2v) is 5.37. The maximum Gasteiger partial charge on any atom is 0.338 e. The molecule has 0 radical (unpaired) electrons. The summed E-state index contributed by atoms with van der Waals surface area (Å²) in [7, 11) is 1.56. The monoisotopic (exact) mass is 335 g/mol. The van der Waals surface area contributed by atoms with E-state index in [1.54, 1.807) is 18.9 Å². The predicted molar refractivity (Wildman–Crippen MR) is 85.4 cm³/mol. The molecule has 1 aliphatic heterocycles. The first-order valence-electron chi connectivity index (χ1n) is 7.76. The first-order valence-corrected chi connectivity index (χ1v) is 7.76. The third-order valence-electron chi connectivity index (χ3n) is 3.67. The van der Waals surface area contributed by atoms with Crippen LogP contribution in [0, 0.1) is 5.92 Å². The third-order valence-corrected chi connectivity index (χ3v) is 3.67. The normalized spacial score (nSPS) is 17.0. The summed E-state index contributed by atoms with van der Waals surface area (Å²) in [6.45, 7) is 3.24. The molecule has 1 unspecified atom stereocenters. The zero-order valence-corrected chi connectivity index (χ0v) is 13.8. The molecule has 8 heteroatoms. The van der Waals surface area contributed by atoms with Crippen molar-refractivity contribution in [2.45, 2.75) is 13.3 Å². The molecule has 1 aromatic rings. The van der Waals surface area contributed by atoms with Gasteiger partial charge in [-0.1, -0.05) is 0 Å². The zero-order valence-electron chi connectivity index (χ0n) is 13.8. The molecule has 8 nitrogen and oxygen atoms in total. The van der Waals surface area contributed by atoms with Crippen molar-refractivity contribution < 1.29 is 23.9 Å². The van der Waals surface area contributed by atoms with E-state index in [2.05, 4.69) is 10.3 Å². The Kier molecular flexibility index (Phi) is 6.25. The van der Waals surface area contributed by atoms with Gasteiger partial charge in [-0.15, -0.1) is 0 Å². The number of likely N-dealkylation sites (tertiary alicyclic amines) is 1. The lowest BCUT2D eigenvalue weighted by atomic mass is 10.1. The number of aromatic nitrogens is 1. The van der Waals surface area contributed by atoms with Crippen molar-refractivity contribution in [1.82, 2.24) is 9.88 Å². The van der Waals surface area contributed by atoms with E-state index in [1.165, 1.54) is 18.3 Å². The van der Waals surface area contributed by atoms with E-state index >= 15 is 0 Å². The van der Waals surface area contributed by atoms with Gasteiger partial charge >= 0.3 is 5.97 Å². The van der Waals surface area contributed by atoms with Crippen LogP contribution in [0.1, 0.15) is 23.7 Å². The second-order valence-electron chi connectivity index (χ2n) is 5.37. The molecule has 24 heavy (non-hydrogen) atoms. The molecular formula is C16H21N3O5. The lowest BCUT2D eigenvalue weighted by Gasteiger charge is -2.15. The van der Waals surface area contributed by atoms with E-state index in [4.69, 9.17) is 9.47 Å². The van der Waals surface area contributed by atoms with Gasteiger partial charge in [0.2, 0.25) is 11.8 Å². The van der Waals surface area contributed by atoms with Gasteiger partial charge in [0.05, 0.1) is 24.7 Å². The lowest BCUT2D eigenvalue weighted by Crippen LogP contribution is -2.31. The molecule has 0 aromatic carbocycles. The van der Waals surface area contributed by atoms with E-state index in [1.807, 2.05) is 0 Å². The average Bonchev–Trinajstić information content (AvgIpc) is 2.94. The molecule has 0 aliphatic carbocycles. The molecule has 1 aliphatic rings. The predicted octanol–water partition coefficient (Wildman–Crippen LogP) is 0.692. The average molecular weight is 335 g/mol. The topological polar surface area (TPSA) is 97.8 Å². The summed E-state index contributed by atoms with van der Waals surface area (Å²) >= 11 is 0. The Labute approximate surface area is 140 Å². The van der Waals surface area contributed by atoms with Gasteiger partial charge in [-0.3, -0.25) is 9.59 Å². The van der Waals surface area contributed by atoms with Gasteiger partial charge in [0, 0.05) is 32.8 Å². The Morgan fingerprint density at radius 3 is 2.96 bits per heavy atom. The van der Waals surface area contributed by atoms with Crippen LogP contribution in [0.5, 0.6) is 0 Å². The van der Waals surface area contributed by atoms with Gasteiger partial charge in [-0.05, 0) is 19.1 Å². The van der Waals surface area contributed by atoms with Crippen molar-refractivity contribution in [1.29, 1.82) is 0 Å². The summed E-state index contributed by atoms with van der Waals surface area (Å²) in [6.07, 6.45) is 1.58. The highest BCUT2D eigenvalue weighted by atomic mass is 16.5.